The molecule has 0 amide bonds. The second kappa shape index (κ2) is 15.6. The number of hydrogen-bond donors (Lipinski definition) is 2. The molecule has 0 aliphatic heterocycles. The van der Waals surface area contributed by atoms with Gasteiger partial charge in [-0.05, 0) is 55.0 Å². The van der Waals surface area contributed by atoms with Crippen molar-refractivity contribution in [2.45, 2.75) is 120 Å². The van der Waals surface area contributed by atoms with Crippen LogP contribution in [-0.4, -0.2) is 31.6 Å². The third kappa shape index (κ3) is 9.19. The summed E-state index contributed by atoms with van der Waals surface area (Å²) in [5, 5.41) is 9.21. The first kappa shape index (κ1) is 31.3. The first-order valence-electron chi connectivity index (χ1n) is 15.8. The predicted molar refractivity (Wildman–Crippen MR) is 163 cm³/mol. The van der Waals surface area contributed by atoms with Gasteiger partial charge in [-0.25, -0.2) is 9.78 Å². The van der Waals surface area contributed by atoms with Crippen molar-refractivity contribution >= 4 is 21.7 Å². The monoisotopic (exact) mass is 584 g/mol. The number of aromatic nitrogens is 1. The molecule has 41 heavy (non-hydrogen) atoms. The van der Waals surface area contributed by atoms with Crippen LogP contribution in [0.25, 0.3) is 0 Å². The van der Waals surface area contributed by atoms with E-state index in [1.54, 1.807) is 6.07 Å². The van der Waals surface area contributed by atoms with E-state index in [1.807, 2.05) is 6.07 Å². The van der Waals surface area contributed by atoms with Crippen LogP contribution in [0.1, 0.15) is 131 Å². The third-order valence-electron chi connectivity index (χ3n) is 9.20. The van der Waals surface area contributed by atoms with E-state index in [0.29, 0.717) is 0 Å². The Hall–Kier alpha value is -2.61. The van der Waals surface area contributed by atoms with Crippen molar-refractivity contribution in [3.63, 3.8) is 0 Å². The summed E-state index contributed by atoms with van der Waals surface area (Å²) >= 11 is 0. The van der Waals surface area contributed by atoms with Gasteiger partial charge in [-0.15, -0.1) is 0 Å². The van der Waals surface area contributed by atoms with Crippen LogP contribution in [0.5, 0.6) is 5.75 Å². The van der Waals surface area contributed by atoms with E-state index < -0.39 is 16.0 Å². The predicted octanol–water partition coefficient (Wildman–Crippen LogP) is 8.56. The van der Waals surface area contributed by atoms with Crippen molar-refractivity contribution in [1.29, 1.82) is 0 Å². The van der Waals surface area contributed by atoms with Gasteiger partial charge in [-0.3, -0.25) is 4.72 Å². The molecule has 2 atom stereocenters. The molecule has 2 unspecified atom stereocenters. The van der Waals surface area contributed by atoms with E-state index >= 15 is 0 Å². The number of nitrogens with zero attached hydrogens (tertiary/aromatic N) is 1. The number of ether oxygens (including phenoxy) is 1. The number of aromatic carboxylic acids is 1. The van der Waals surface area contributed by atoms with Crippen LogP contribution in [-0.2, 0) is 10.0 Å². The molecule has 2 fully saturated rings. The molecule has 8 heteroatoms. The fraction of sp³-hybridized carbons (Fsp3) is 0.636. The van der Waals surface area contributed by atoms with E-state index in [9.17, 15) is 18.3 Å². The minimum absolute atomic E-state index is 0.0169. The first-order valence-corrected chi connectivity index (χ1v) is 17.3. The van der Waals surface area contributed by atoms with Crippen LogP contribution in [0, 0.1) is 11.8 Å². The molecule has 0 spiro atoms. The van der Waals surface area contributed by atoms with Crippen LogP contribution in [0.15, 0.2) is 41.4 Å². The molecule has 2 N–H and O–H groups in total. The van der Waals surface area contributed by atoms with E-state index in [0.717, 1.165) is 43.2 Å². The molecule has 1 heterocycles. The molecule has 7 nitrogen and oxygen atoms in total. The summed E-state index contributed by atoms with van der Waals surface area (Å²) in [6, 6.07) is 9.30. The van der Waals surface area contributed by atoms with E-state index in [4.69, 9.17) is 4.74 Å². The smallest absolute Gasteiger partial charge is 0.335 e. The lowest BCUT2D eigenvalue weighted by atomic mass is 9.78. The number of carbonyl (C=O) groups is 1. The van der Waals surface area contributed by atoms with Gasteiger partial charge in [0.05, 0.1) is 18.4 Å². The fourth-order valence-corrected chi connectivity index (χ4v) is 7.93. The van der Waals surface area contributed by atoms with E-state index in [1.165, 1.54) is 115 Å². The average molecular weight is 585 g/mol. The summed E-state index contributed by atoms with van der Waals surface area (Å²) in [6.07, 6.45) is 22.2. The fourth-order valence-electron chi connectivity index (χ4n) is 6.88. The topological polar surface area (TPSA) is 106 Å². The Morgan fingerprint density at radius 3 is 2.00 bits per heavy atom. The quantitative estimate of drug-likeness (QED) is 0.338. The second-order valence-electron chi connectivity index (χ2n) is 12.1. The van der Waals surface area contributed by atoms with Gasteiger partial charge in [0.2, 0.25) is 0 Å². The molecule has 1 aromatic carbocycles. The maximum atomic E-state index is 13.3. The Bertz CT molecular complexity index is 1220. The Kier molecular flexibility index (Phi) is 11.9. The average Bonchev–Trinajstić information content (AvgIpc) is 3.04. The van der Waals surface area contributed by atoms with Crippen LogP contribution >= 0.6 is 0 Å². The Morgan fingerprint density at radius 2 is 1.37 bits per heavy atom. The molecule has 2 aromatic rings. The van der Waals surface area contributed by atoms with Crippen LogP contribution in [0.3, 0.4) is 0 Å². The zero-order chi connectivity index (χ0) is 29.1. The number of pyridine rings is 1. The minimum Gasteiger partial charge on any atom is -0.495 e. The lowest BCUT2D eigenvalue weighted by molar-refractivity contribution is 0.0696. The van der Waals surface area contributed by atoms with Gasteiger partial charge in [0, 0.05) is 11.6 Å². The maximum absolute atomic E-state index is 13.3. The molecule has 1 aromatic heterocycles. The number of nitrogens with one attached hydrogen (secondary N) is 1. The van der Waals surface area contributed by atoms with E-state index in [2.05, 4.69) is 9.71 Å². The number of anilines is 1. The Morgan fingerprint density at radius 1 is 0.805 bits per heavy atom. The first-order chi connectivity index (χ1) is 19.9. The highest BCUT2D eigenvalue weighted by Gasteiger charge is 2.25. The SMILES string of the molecule is COc1cc(C(=O)O)ccc1NS(=O)(=O)c1cccc(C2CCCCC(C3CCCCCCCCCC3)CCC2)n1. The highest BCUT2D eigenvalue weighted by Crippen LogP contribution is 2.38. The lowest BCUT2D eigenvalue weighted by Crippen LogP contribution is -2.17. The summed E-state index contributed by atoms with van der Waals surface area (Å²) in [4.78, 5) is 15.9. The van der Waals surface area contributed by atoms with Crippen LogP contribution < -0.4 is 9.46 Å². The molecular formula is C33H48N2O5S. The number of benzene rings is 1. The molecule has 2 aliphatic rings. The van der Waals surface area contributed by atoms with Crippen molar-refractivity contribution in [3.8, 4) is 5.75 Å². The summed E-state index contributed by atoms with van der Waals surface area (Å²) in [7, 11) is -2.61. The third-order valence-corrected chi connectivity index (χ3v) is 10.5. The number of carboxylic acid groups (broad SMARTS) is 1. The summed E-state index contributed by atoms with van der Waals surface area (Å²) in [6.45, 7) is 0. The van der Waals surface area contributed by atoms with Crippen molar-refractivity contribution in [2.24, 2.45) is 11.8 Å². The highest BCUT2D eigenvalue weighted by atomic mass is 32.2. The van der Waals surface area contributed by atoms with Gasteiger partial charge in [0.25, 0.3) is 10.0 Å². The summed E-state index contributed by atoms with van der Waals surface area (Å²) in [5.74, 6) is 0.964. The number of hydrogen-bond acceptors (Lipinski definition) is 5. The molecule has 226 valence electrons. The molecule has 0 bridgehead atoms. The second-order valence-corrected chi connectivity index (χ2v) is 13.7. The lowest BCUT2D eigenvalue weighted by Gasteiger charge is -2.27. The maximum Gasteiger partial charge on any atom is 0.335 e. The molecule has 0 saturated heterocycles. The normalized spacial score (nSPS) is 22.4. The number of carboxylic acids is 1. The largest absolute Gasteiger partial charge is 0.495 e. The van der Waals surface area contributed by atoms with Gasteiger partial charge < -0.3 is 9.84 Å². The van der Waals surface area contributed by atoms with Crippen LogP contribution in [0.2, 0.25) is 0 Å². The number of sulfonamides is 1. The molecule has 0 radical (unpaired) electrons. The van der Waals surface area contributed by atoms with E-state index in [-0.39, 0.29) is 27.9 Å². The van der Waals surface area contributed by atoms with Crippen molar-refractivity contribution in [3.05, 3.63) is 47.7 Å². The van der Waals surface area contributed by atoms with Crippen molar-refractivity contribution in [1.82, 2.24) is 4.98 Å². The molecule has 2 saturated carbocycles. The van der Waals surface area contributed by atoms with Gasteiger partial charge in [-0.1, -0.05) is 102 Å². The Balaban J connectivity index is 1.42. The van der Waals surface area contributed by atoms with Crippen molar-refractivity contribution < 1.29 is 23.1 Å². The van der Waals surface area contributed by atoms with Crippen LogP contribution in [0.4, 0.5) is 5.69 Å². The van der Waals surface area contributed by atoms with Gasteiger partial charge in [0.15, 0.2) is 5.03 Å². The summed E-state index contributed by atoms with van der Waals surface area (Å²) < 4.78 is 34.4. The Labute approximate surface area is 246 Å². The molecule has 4 rings (SSSR count). The number of rotatable bonds is 7. The zero-order valence-corrected chi connectivity index (χ0v) is 25.5. The van der Waals surface area contributed by atoms with Gasteiger partial charge in [-0.2, -0.15) is 8.42 Å². The highest BCUT2D eigenvalue weighted by molar-refractivity contribution is 7.92. The minimum atomic E-state index is -3.99. The zero-order valence-electron chi connectivity index (χ0n) is 24.7. The van der Waals surface area contributed by atoms with Gasteiger partial charge >= 0.3 is 5.97 Å². The van der Waals surface area contributed by atoms with Gasteiger partial charge in [0.1, 0.15) is 5.75 Å². The molecular weight excluding hydrogens is 536 g/mol. The number of methoxy groups -OCH3 is 1. The summed E-state index contributed by atoms with van der Waals surface area (Å²) in [5.41, 5.74) is 1.03. The molecule has 2 aliphatic carbocycles. The van der Waals surface area contributed by atoms with Crippen molar-refractivity contribution in [2.75, 3.05) is 11.8 Å². The standard InChI is InChI=1S/C33H48N2O5S/c1-40-31-24-28(33(36)37)22-23-30(31)35-41(38,39)32-21-13-20-29(34-32)27-17-11-10-16-26(18-12-19-27)25-14-8-6-4-2-3-5-7-9-15-25/h13,20-27,35H,2-12,14-19H2,1H3,(H,36,37).